The van der Waals surface area contributed by atoms with Crippen LogP contribution >= 0.6 is 0 Å². The van der Waals surface area contributed by atoms with Crippen molar-refractivity contribution in [3.05, 3.63) is 34.9 Å². The van der Waals surface area contributed by atoms with Crippen molar-refractivity contribution >= 4 is 9.84 Å². The van der Waals surface area contributed by atoms with Crippen LogP contribution < -0.4 is 5.73 Å². The fraction of sp³-hybridized carbons (Fsp3) is 0.400. The third-order valence-electron chi connectivity index (χ3n) is 2.17. The Hall–Kier alpha value is -1.01. The highest BCUT2D eigenvalue weighted by atomic mass is 32.2. The molecule has 0 fully saturated rings. The number of aryl methyl sites for hydroxylation is 1. The van der Waals surface area contributed by atoms with Gasteiger partial charge in [0, 0.05) is 17.9 Å². The quantitative estimate of drug-likeness (QED) is 0.878. The molecule has 0 aliphatic carbocycles. The summed E-state index contributed by atoms with van der Waals surface area (Å²) in [6.45, 7) is 1.46. The second-order valence-corrected chi connectivity index (χ2v) is 5.98. The molecule has 1 rings (SSSR count). The van der Waals surface area contributed by atoms with Crippen molar-refractivity contribution in [1.82, 2.24) is 0 Å². The molecular weight excluding hydrogens is 236 g/mol. The van der Waals surface area contributed by atoms with E-state index in [2.05, 4.69) is 0 Å². The minimum Gasteiger partial charge on any atom is -0.323 e. The van der Waals surface area contributed by atoms with E-state index in [1.54, 1.807) is 0 Å². The zero-order valence-corrected chi connectivity index (χ0v) is 9.81. The van der Waals surface area contributed by atoms with Crippen LogP contribution in [-0.4, -0.2) is 20.4 Å². The zero-order valence-electron chi connectivity index (χ0n) is 9.00. The molecule has 16 heavy (non-hydrogen) atoms. The second kappa shape index (κ2) is 4.47. The van der Waals surface area contributed by atoms with Crippen molar-refractivity contribution in [3.8, 4) is 0 Å². The Labute approximate surface area is 93.2 Å². The van der Waals surface area contributed by atoms with Crippen molar-refractivity contribution < 1.29 is 17.2 Å². The smallest absolute Gasteiger partial charge is 0.149 e. The van der Waals surface area contributed by atoms with E-state index in [0.29, 0.717) is 0 Å². The molecule has 0 radical (unpaired) electrons. The highest BCUT2D eigenvalue weighted by Gasteiger charge is 2.21. The third kappa shape index (κ3) is 2.99. The predicted molar refractivity (Wildman–Crippen MR) is 57.7 cm³/mol. The molecule has 1 unspecified atom stereocenters. The summed E-state index contributed by atoms with van der Waals surface area (Å²) in [6.07, 6.45) is 0.971. The largest absolute Gasteiger partial charge is 0.323 e. The molecule has 3 nitrogen and oxygen atoms in total. The number of hydrogen-bond acceptors (Lipinski definition) is 3. The summed E-state index contributed by atoms with van der Waals surface area (Å²) in [5.74, 6) is -2.08. The first-order valence-electron chi connectivity index (χ1n) is 4.60. The Bertz CT molecular complexity index is 500. The SMILES string of the molecule is Cc1ccc(F)c(C(N)CS(C)(=O)=O)c1F. The second-order valence-electron chi connectivity index (χ2n) is 3.79. The lowest BCUT2D eigenvalue weighted by Crippen LogP contribution is -2.23. The molecule has 1 aromatic carbocycles. The van der Waals surface area contributed by atoms with Crippen LogP contribution in [0.3, 0.4) is 0 Å². The van der Waals surface area contributed by atoms with Gasteiger partial charge in [-0.05, 0) is 18.6 Å². The van der Waals surface area contributed by atoms with Crippen LogP contribution in [0.5, 0.6) is 0 Å². The van der Waals surface area contributed by atoms with E-state index in [9.17, 15) is 17.2 Å². The van der Waals surface area contributed by atoms with Gasteiger partial charge in [-0.2, -0.15) is 0 Å². The summed E-state index contributed by atoms with van der Waals surface area (Å²) in [6, 6.07) is 1.17. The molecule has 0 saturated heterocycles. The predicted octanol–water partition coefficient (Wildman–Crippen LogP) is 1.32. The molecule has 0 amide bonds. The summed E-state index contributed by atoms with van der Waals surface area (Å²) in [7, 11) is -3.38. The average Bonchev–Trinajstić information content (AvgIpc) is 2.09. The molecular formula is C10H13F2NO2S. The summed E-state index contributed by atoms with van der Waals surface area (Å²) < 4.78 is 48.9. The van der Waals surface area contributed by atoms with Crippen molar-refractivity contribution in [2.75, 3.05) is 12.0 Å². The first-order valence-corrected chi connectivity index (χ1v) is 6.66. The summed E-state index contributed by atoms with van der Waals surface area (Å²) in [5, 5.41) is 0. The fourth-order valence-corrected chi connectivity index (χ4v) is 2.25. The molecule has 0 saturated carbocycles. The number of nitrogens with two attached hydrogens (primary N) is 1. The van der Waals surface area contributed by atoms with Gasteiger partial charge in [0.05, 0.1) is 5.75 Å². The Morgan fingerprint density at radius 2 is 1.94 bits per heavy atom. The summed E-state index contributed by atoms with van der Waals surface area (Å²) >= 11 is 0. The van der Waals surface area contributed by atoms with Crippen molar-refractivity contribution in [2.24, 2.45) is 5.73 Å². The maximum atomic E-state index is 13.6. The van der Waals surface area contributed by atoms with Crippen molar-refractivity contribution in [1.29, 1.82) is 0 Å². The monoisotopic (exact) mass is 249 g/mol. The maximum absolute atomic E-state index is 13.6. The van der Waals surface area contributed by atoms with Crippen LogP contribution in [0.15, 0.2) is 12.1 Å². The lowest BCUT2D eigenvalue weighted by Gasteiger charge is -2.14. The van der Waals surface area contributed by atoms with Gasteiger partial charge in [-0.15, -0.1) is 0 Å². The molecule has 0 bridgehead atoms. The average molecular weight is 249 g/mol. The minimum absolute atomic E-state index is 0.236. The lowest BCUT2D eigenvalue weighted by molar-refractivity contribution is 0.529. The molecule has 0 aromatic heterocycles. The topological polar surface area (TPSA) is 60.2 Å². The van der Waals surface area contributed by atoms with E-state index in [0.717, 1.165) is 12.3 Å². The van der Waals surface area contributed by atoms with Gasteiger partial charge in [-0.3, -0.25) is 0 Å². The standard InChI is InChI=1S/C10H13F2NO2S/c1-6-3-4-7(11)9(10(6)12)8(13)5-16(2,14)15/h3-4,8H,5,13H2,1-2H3. The van der Waals surface area contributed by atoms with Gasteiger partial charge in [0.1, 0.15) is 21.5 Å². The van der Waals surface area contributed by atoms with E-state index in [1.165, 1.54) is 13.0 Å². The molecule has 0 heterocycles. The van der Waals surface area contributed by atoms with Crippen LogP contribution in [-0.2, 0) is 9.84 Å². The lowest BCUT2D eigenvalue weighted by atomic mass is 10.0. The minimum atomic E-state index is -3.38. The molecule has 0 aliphatic heterocycles. The van der Waals surface area contributed by atoms with Crippen LogP contribution in [0, 0.1) is 18.6 Å². The Balaban J connectivity index is 3.18. The molecule has 2 N–H and O–H groups in total. The summed E-state index contributed by atoms with van der Waals surface area (Å²) in [4.78, 5) is 0. The van der Waals surface area contributed by atoms with E-state index in [-0.39, 0.29) is 11.1 Å². The zero-order chi connectivity index (χ0) is 12.5. The van der Waals surface area contributed by atoms with E-state index >= 15 is 0 Å². The highest BCUT2D eigenvalue weighted by Crippen LogP contribution is 2.22. The Kier molecular flexibility index (Phi) is 3.64. The van der Waals surface area contributed by atoms with Gasteiger partial charge >= 0.3 is 0 Å². The number of hydrogen-bond donors (Lipinski definition) is 1. The number of sulfone groups is 1. The van der Waals surface area contributed by atoms with Gasteiger partial charge in [-0.25, -0.2) is 17.2 Å². The van der Waals surface area contributed by atoms with Crippen molar-refractivity contribution in [2.45, 2.75) is 13.0 Å². The van der Waals surface area contributed by atoms with Gasteiger partial charge < -0.3 is 5.73 Å². The van der Waals surface area contributed by atoms with Crippen LogP contribution in [0.2, 0.25) is 0 Å². The van der Waals surface area contributed by atoms with Crippen LogP contribution in [0.1, 0.15) is 17.2 Å². The van der Waals surface area contributed by atoms with Gasteiger partial charge in [0.2, 0.25) is 0 Å². The molecule has 90 valence electrons. The third-order valence-corrected chi connectivity index (χ3v) is 3.14. The fourth-order valence-electron chi connectivity index (χ4n) is 1.43. The van der Waals surface area contributed by atoms with E-state index in [1.807, 2.05) is 0 Å². The molecule has 0 spiro atoms. The first kappa shape index (κ1) is 13.1. The van der Waals surface area contributed by atoms with Gasteiger partial charge in [0.15, 0.2) is 0 Å². The Morgan fingerprint density at radius 1 is 1.38 bits per heavy atom. The first-order chi connectivity index (χ1) is 7.22. The van der Waals surface area contributed by atoms with E-state index < -0.39 is 33.3 Å². The Morgan fingerprint density at radius 3 is 2.44 bits per heavy atom. The number of halogens is 2. The molecule has 1 atom stereocenters. The van der Waals surface area contributed by atoms with Crippen LogP contribution in [0.4, 0.5) is 8.78 Å². The molecule has 6 heteroatoms. The van der Waals surface area contributed by atoms with Crippen molar-refractivity contribution in [3.63, 3.8) is 0 Å². The normalized spacial score (nSPS) is 13.8. The number of benzene rings is 1. The summed E-state index contributed by atoms with van der Waals surface area (Å²) in [5.41, 5.74) is 5.36. The van der Waals surface area contributed by atoms with Gasteiger partial charge in [0.25, 0.3) is 0 Å². The maximum Gasteiger partial charge on any atom is 0.149 e. The number of rotatable bonds is 3. The highest BCUT2D eigenvalue weighted by molar-refractivity contribution is 7.90. The van der Waals surface area contributed by atoms with Crippen LogP contribution in [0.25, 0.3) is 0 Å². The van der Waals surface area contributed by atoms with E-state index in [4.69, 9.17) is 5.73 Å². The molecule has 1 aromatic rings. The molecule has 0 aliphatic rings. The van der Waals surface area contributed by atoms with Gasteiger partial charge in [-0.1, -0.05) is 6.07 Å².